The van der Waals surface area contributed by atoms with Crippen molar-refractivity contribution in [2.24, 2.45) is 17.8 Å². The molecular formula is C19H36N2O. The molecule has 0 atom stereocenters. The Morgan fingerprint density at radius 3 is 2.14 bits per heavy atom. The van der Waals surface area contributed by atoms with E-state index in [2.05, 4.69) is 30.7 Å². The van der Waals surface area contributed by atoms with Crippen molar-refractivity contribution in [1.29, 1.82) is 0 Å². The summed E-state index contributed by atoms with van der Waals surface area (Å²) in [4.78, 5) is 5.17. The Hall–Kier alpha value is -0.120. The molecule has 0 bridgehead atoms. The number of hydrogen-bond donors (Lipinski definition) is 0. The van der Waals surface area contributed by atoms with E-state index in [-0.39, 0.29) is 0 Å². The first-order valence-electron chi connectivity index (χ1n) is 9.66. The first-order valence-corrected chi connectivity index (χ1v) is 9.66. The summed E-state index contributed by atoms with van der Waals surface area (Å²) in [5.41, 5.74) is 0. The second-order valence-electron chi connectivity index (χ2n) is 8.48. The number of hydrogen-bond acceptors (Lipinski definition) is 3. The molecule has 2 aliphatic heterocycles. The molecule has 2 heterocycles. The van der Waals surface area contributed by atoms with Gasteiger partial charge in [0.25, 0.3) is 0 Å². The fraction of sp³-hybridized carbons (Fsp3) is 1.00. The summed E-state index contributed by atoms with van der Waals surface area (Å²) < 4.78 is 6.33. The van der Waals surface area contributed by atoms with E-state index in [1.54, 1.807) is 0 Å². The number of likely N-dealkylation sites (tertiary alicyclic amines) is 2. The quantitative estimate of drug-likeness (QED) is 0.775. The largest absolute Gasteiger partial charge is 0.375 e. The molecule has 0 unspecified atom stereocenters. The van der Waals surface area contributed by atoms with Gasteiger partial charge in [0.1, 0.15) is 0 Å². The maximum absolute atomic E-state index is 6.33. The number of piperidine rings is 2. The van der Waals surface area contributed by atoms with Crippen molar-refractivity contribution < 1.29 is 4.74 Å². The van der Waals surface area contributed by atoms with Gasteiger partial charge >= 0.3 is 0 Å². The zero-order valence-electron chi connectivity index (χ0n) is 15.0. The highest BCUT2D eigenvalue weighted by molar-refractivity contribution is 4.85. The third-order valence-electron chi connectivity index (χ3n) is 6.35. The summed E-state index contributed by atoms with van der Waals surface area (Å²) in [7, 11) is 2.25. The van der Waals surface area contributed by atoms with E-state index < -0.39 is 0 Å². The van der Waals surface area contributed by atoms with Gasteiger partial charge in [-0.2, -0.15) is 0 Å². The lowest BCUT2D eigenvalue weighted by atomic mass is 9.75. The summed E-state index contributed by atoms with van der Waals surface area (Å²) in [5.74, 6) is 2.71. The molecule has 3 heteroatoms. The molecule has 3 nitrogen and oxygen atoms in total. The van der Waals surface area contributed by atoms with Crippen molar-refractivity contribution in [3.05, 3.63) is 0 Å². The van der Waals surface area contributed by atoms with Gasteiger partial charge in [-0.1, -0.05) is 13.8 Å². The lowest BCUT2D eigenvalue weighted by molar-refractivity contribution is -0.102. The number of rotatable bonds is 5. The van der Waals surface area contributed by atoms with E-state index in [9.17, 15) is 0 Å². The molecule has 3 fully saturated rings. The fourth-order valence-electron chi connectivity index (χ4n) is 4.37. The first-order chi connectivity index (χ1) is 10.6. The average Bonchev–Trinajstić information content (AvgIpc) is 2.46. The maximum Gasteiger partial charge on any atom is 0.0603 e. The van der Waals surface area contributed by atoms with E-state index in [0.717, 1.165) is 17.8 Å². The summed E-state index contributed by atoms with van der Waals surface area (Å²) >= 11 is 0. The van der Waals surface area contributed by atoms with Crippen LogP contribution in [-0.2, 0) is 4.74 Å². The van der Waals surface area contributed by atoms with E-state index in [1.807, 2.05) is 0 Å². The maximum atomic E-state index is 6.33. The topological polar surface area (TPSA) is 15.7 Å². The van der Waals surface area contributed by atoms with Crippen LogP contribution in [0.25, 0.3) is 0 Å². The van der Waals surface area contributed by atoms with Gasteiger partial charge in [0.2, 0.25) is 0 Å². The minimum atomic E-state index is 0.548. The Bertz CT molecular complexity index is 324. The molecule has 1 aliphatic carbocycles. The summed E-state index contributed by atoms with van der Waals surface area (Å²) in [6, 6.07) is 0. The Balaban J connectivity index is 1.30. The van der Waals surface area contributed by atoms with E-state index >= 15 is 0 Å². The van der Waals surface area contributed by atoms with Crippen molar-refractivity contribution in [2.45, 2.75) is 64.6 Å². The number of ether oxygens (including phenoxy) is 1. The van der Waals surface area contributed by atoms with Crippen molar-refractivity contribution in [2.75, 3.05) is 39.8 Å². The normalized spacial score (nSPS) is 33.3. The molecule has 0 N–H and O–H groups in total. The second kappa shape index (κ2) is 7.63. The molecule has 0 radical (unpaired) electrons. The van der Waals surface area contributed by atoms with Crippen LogP contribution in [0.15, 0.2) is 0 Å². The highest BCUT2D eigenvalue weighted by atomic mass is 16.5. The minimum absolute atomic E-state index is 0.548. The highest BCUT2D eigenvalue weighted by Crippen LogP contribution is 2.37. The number of nitrogens with zero attached hydrogens (tertiary/aromatic N) is 2. The third-order valence-corrected chi connectivity index (χ3v) is 6.35. The summed E-state index contributed by atoms with van der Waals surface area (Å²) in [6.07, 6.45) is 9.06. The molecule has 128 valence electrons. The van der Waals surface area contributed by atoms with Crippen LogP contribution in [0.2, 0.25) is 0 Å². The van der Waals surface area contributed by atoms with Crippen molar-refractivity contribution in [3.63, 3.8) is 0 Å². The van der Waals surface area contributed by atoms with E-state index in [1.165, 1.54) is 71.2 Å². The Morgan fingerprint density at radius 1 is 0.909 bits per heavy atom. The van der Waals surface area contributed by atoms with Crippen LogP contribution in [-0.4, -0.2) is 61.8 Å². The van der Waals surface area contributed by atoms with Gasteiger partial charge < -0.3 is 14.5 Å². The molecule has 1 saturated carbocycles. The molecule has 0 aromatic heterocycles. The molecule has 2 saturated heterocycles. The van der Waals surface area contributed by atoms with Gasteiger partial charge in [0.15, 0.2) is 0 Å². The second-order valence-corrected chi connectivity index (χ2v) is 8.48. The minimum Gasteiger partial charge on any atom is -0.375 e. The molecule has 0 aromatic rings. The molecular weight excluding hydrogens is 272 g/mol. The van der Waals surface area contributed by atoms with Crippen LogP contribution < -0.4 is 0 Å². The van der Waals surface area contributed by atoms with Crippen LogP contribution in [0, 0.1) is 17.8 Å². The average molecular weight is 309 g/mol. The monoisotopic (exact) mass is 308 g/mol. The molecule has 0 amide bonds. The molecule has 0 spiro atoms. The predicted molar refractivity (Wildman–Crippen MR) is 92.1 cm³/mol. The molecule has 3 aliphatic rings. The van der Waals surface area contributed by atoms with Gasteiger partial charge in [-0.15, -0.1) is 0 Å². The van der Waals surface area contributed by atoms with Crippen molar-refractivity contribution in [1.82, 2.24) is 9.80 Å². The van der Waals surface area contributed by atoms with Crippen LogP contribution in [0.4, 0.5) is 0 Å². The summed E-state index contributed by atoms with van der Waals surface area (Å²) in [5, 5.41) is 0. The van der Waals surface area contributed by atoms with E-state index in [4.69, 9.17) is 4.74 Å². The van der Waals surface area contributed by atoms with Gasteiger partial charge in [-0.3, -0.25) is 0 Å². The van der Waals surface area contributed by atoms with Crippen LogP contribution in [0.1, 0.15) is 52.4 Å². The Labute approximate surface area is 137 Å². The van der Waals surface area contributed by atoms with E-state index in [0.29, 0.717) is 12.2 Å². The Kier molecular flexibility index (Phi) is 5.80. The van der Waals surface area contributed by atoms with Gasteiger partial charge in [0, 0.05) is 19.6 Å². The van der Waals surface area contributed by atoms with Crippen LogP contribution >= 0.6 is 0 Å². The standard InChI is InChI=1S/C19H36N2O/c1-15(2)17-12-19(13-17)22-18-6-10-21(11-7-18)14-16-4-8-20(3)9-5-16/h15-19H,4-14H2,1-3H3/t17-,19-. The predicted octanol–water partition coefficient (Wildman–Crippen LogP) is 3.24. The smallest absolute Gasteiger partial charge is 0.0603 e. The third kappa shape index (κ3) is 4.46. The van der Waals surface area contributed by atoms with Crippen LogP contribution in [0.5, 0.6) is 0 Å². The molecule has 3 rings (SSSR count). The van der Waals surface area contributed by atoms with Crippen molar-refractivity contribution in [3.8, 4) is 0 Å². The van der Waals surface area contributed by atoms with Crippen LogP contribution in [0.3, 0.4) is 0 Å². The lowest BCUT2D eigenvalue weighted by Gasteiger charge is -2.42. The first kappa shape index (κ1) is 16.7. The SMILES string of the molecule is CC(C)[C@H]1C[C@H](OC2CCN(CC3CCN(C)CC3)CC2)C1. The van der Waals surface area contributed by atoms with Gasteiger partial charge in [-0.25, -0.2) is 0 Å². The lowest BCUT2D eigenvalue weighted by Crippen LogP contribution is -2.44. The fourth-order valence-corrected chi connectivity index (χ4v) is 4.37. The molecule has 0 aromatic carbocycles. The van der Waals surface area contributed by atoms with Gasteiger partial charge in [-0.05, 0) is 76.4 Å². The zero-order valence-corrected chi connectivity index (χ0v) is 15.0. The molecule has 22 heavy (non-hydrogen) atoms. The Morgan fingerprint density at radius 2 is 1.55 bits per heavy atom. The highest BCUT2D eigenvalue weighted by Gasteiger charge is 2.34. The summed E-state index contributed by atoms with van der Waals surface area (Å²) in [6.45, 7) is 11.1. The van der Waals surface area contributed by atoms with Crippen molar-refractivity contribution >= 4 is 0 Å². The zero-order chi connectivity index (χ0) is 15.5. The van der Waals surface area contributed by atoms with Gasteiger partial charge in [0.05, 0.1) is 12.2 Å².